The van der Waals surface area contributed by atoms with E-state index in [4.69, 9.17) is 15.0 Å². The highest BCUT2D eigenvalue weighted by atomic mass is 15.7. The molecule has 7 aliphatic rings. The summed E-state index contributed by atoms with van der Waals surface area (Å²) < 4.78 is 0. The summed E-state index contributed by atoms with van der Waals surface area (Å²) in [5, 5.41) is 21.5. The Kier molecular flexibility index (Phi) is 3.01. The van der Waals surface area contributed by atoms with Crippen LogP contribution in [-0.4, -0.2) is 109 Å². The molecule has 0 bridgehead atoms. The van der Waals surface area contributed by atoms with Crippen LogP contribution in [0.1, 0.15) is 0 Å². The van der Waals surface area contributed by atoms with Crippen LogP contribution in [0.3, 0.4) is 0 Å². The molecular weight excluding hydrogens is 348 g/mol. The average molecular weight is 372 g/mol. The van der Waals surface area contributed by atoms with E-state index in [-0.39, 0.29) is 37.0 Å². The van der Waals surface area contributed by atoms with Crippen molar-refractivity contribution in [1.29, 1.82) is 0 Å². The molecular formula is C15H24N12. The second kappa shape index (κ2) is 5.37. The molecule has 12 nitrogen and oxygen atoms in total. The number of nitrogens with zero attached hydrogens (tertiary/aromatic N) is 6. The van der Waals surface area contributed by atoms with Crippen LogP contribution in [0.15, 0.2) is 15.0 Å². The topological polar surface area (TPSA) is 119 Å². The molecule has 0 radical (unpaired) electrons. The third-order valence-electron chi connectivity index (χ3n) is 6.28. The van der Waals surface area contributed by atoms with Gasteiger partial charge in [-0.25, -0.2) is 15.0 Å². The molecule has 4 saturated heterocycles. The Morgan fingerprint density at radius 2 is 0.778 bits per heavy atom. The fraction of sp³-hybridized carbons (Fsp3) is 0.800. The van der Waals surface area contributed by atoms with Crippen molar-refractivity contribution in [1.82, 2.24) is 46.6 Å². The molecule has 0 aromatic rings. The van der Waals surface area contributed by atoms with Gasteiger partial charge in [-0.05, 0) is 0 Å². The number of guanidine groups is 3. The van der Waals surface area contributed by atoms with E-state index in [1.807, 2.05) is 0 Å². The minimum Gasteiger partial charge on any atom is -0.293 e. The van der Waals surface area contributed by atoms with Crippen molar-refractivity contribution in [3.63, 3.8) is 0 Å². The van der Waals surface area contributed by atoms with Gasteiger partial charge in [0.1, 0.15) is 37.0 Å². The van der Waals surface area contributed by atoms with Gasteiger partial charge in [-0.1, -0.05) is 0 Å². The zero-order valence-electron chi connectivity index (χ0n) is 14.9. The van der Waals surface area contributed by atoms with Crippen LogP contribution in [0.2, 0.25) is 0 Å². The summed E-state index contributed by atoms with van der Waals surface area (Å²) >= 11 is 0. The monoisotopic (exact) mass is 372 g/mol. The SMILES string of the molecule is C1CNC2C(N=C3N2C2=NC4NCCNC4N2C2=NC4NCCNC4N32)N1. The first-order chi connectivity index (χ1) is 13.4. The van der Waals surface area contributed by atoms with E-state index in [0.717, 1.165) is 57.1 Å². The predicted molar refractivity (Wildman–Crippen MR) is 98.6 cm³/mol. The fourth-order valence-electron chi connectivity index (χ4n) is 5.15. The van der Waals surface area contributed by atoms with Crippen molar-refractivity contribution in [3.8, 4) is 0 Å². The highest BCUT2D eigenvalue weighted by molar-refractivity contribution is 6.19. The first-order valence-corrected chi connectivity index (χ1v) is 9.92. The third-order valence-corrected chi connectivity index (χ3v) is 6.28. The summed E-state index contributed by atoms with van der Waals surface area (Å²) in [6, 6.07) is 0. The smallest absolute Gasteiger partial charge is 0.215 e. The van der Waals surface area contributed by atoms with Crippen LogP contribution in [-0.2, 0) is 0 Å². The lowest BCUT2D eigenvalue weighted by Gasteiger charge is -2.47. The number of aliphatic imine (C=N–C) groups is 3. The summed E-state index contributed by atoms with van der Waals surface area (Å²) in [6.07, 6.45) is 0.303. The summed E-state index contributed by atoms with van der Waals surface area (Å²) in [5.74, 6) is 2.80. The lowest BCUT2D eigenvalue weighted by molar-refractivity contribution is 0.192. The Balaban J connectivity index is 1.37. The molecule has 6 unspecified atom stereocenters. The van der Waals surface area contributed by atoms with Gasteiger partial charge in [0, 0.05) is 39.3 Å². The maximum Gasteiger partial charge on any atom is 0.215 e. The van der Waals surface area contributed by atoms with Crippen molar-refractivity contribution in [3.05, 3.63) is 0 Å². The first kappa shape index (κ1) is 15.1. The zero-order valence-corrected chi connectivity index (χ0v) is 14.9. The number of rotatable bonds is 0. The second-order valence-corrected chi connectivity index (χ2v) is 7.79. The molecule has 7 rings (SSSR count). The van der Waals surface area contributed by atoms with E-state index in [9.17, 15) is 0 Å². The van der Waals surface area contributed by atoms with Crippen molar-refractivity contribution < 1.29 is 0 Å². The average Bonchev–Trinajstić information content (AvgIpc) is 3.38. The Bertz CT molecular complexity index is 644. The maximum absolute atomic E-state index is 5.04. The highest BCUT2D eigenvalue weighted by Crippen LogP contribution is 2.35. The van der Waals surface area contributed by atoms with Gasteiger partial charge in [-0.15, -0.1) is 0 Å². The predicted octanol–water partition coefficient (Wildman–Crippen LogP) is -4.45. The van der Waals surface area contributed by atoms with E-state index in [2.05, 4.69) is 46.6 Å². The van der Waals surface area contributed by atoms with Crippen LogP contribution in [0.25, 0.3) is 0 Å². The lowest BCUT2D eigenvalue weighted by atomic mass is 10.2. The van der Waals surface area contributed by atoms with Crippen LogP contribution in [0.5, 0.6) is 0 Å². The van der Waals surface area contributed by atoms with E-state index < -0.39 is 0 Å². The van der Waals surface area contributed by atoms with Gasteiger partial charge in [0.2, 0.25) is 17.9 Å². The molecule has 0 amide bonds. The fourth-order valence-corrected chi connectivity index (χ4v) is 5.15. The molecule has 0 spiro atoms. The van der Waals surface area contributed by atoms with E-state index >= 15 is 0 Å². The molecule has 7 heterocycles. The molecule has 12 heteroatoms. The Labute approximate surface area is 156 Å². The molecule has 0 saturated carbocycles. The third kappa shape index (κ3) is 1.90. The maximum atomic E-state index is 5.04. The number of fused-ring (bicyclic) bond motifs is 12. The minimum absolute atomic E-state index is 0.0248. The number of nitrogens with one attached hydrogen (secondary N) is 6. The molecule has 27 heavy (non-hydrogen) atoms. The Morgan fingerprint density at radius 1 is 0.481 bits per heavy atom. The van der Waals surface area contributed by atoms with E-state index in [1.54, 1.807) is 0 Å². The van der Waals surface area contributed by atoms with Gasteiger partial charge in [0.15, 0.2) is 0 Å². The van der Waals surface area contributed by atoms with E-state index in [1.165, 1.54) is 0 Å². The van der Waals surface area contributed by atoms with Gasteiger partial charge in [-0.3, -0.25) is 46.6 Å². The summed E-state index contributed by atoms with van der Waals surface area (Å²) in [7, 11) is 0. The number of piperazine rings is 3. The summed E-state index contributed by atoms with van der Waals surface area (Å²) in [6.45, 7) is 5.52. The normalized spacial score (nSPS) is 44.4. The van der Waals surface area contributed by atoms with Gasteiger partial charge >= 0.3 is 0 Å². The van der Waals surface area contributed by atoms with Crippen molar-refractivity contribution in [2.45, 2.75) is 37.0 Å². The molecule has 7 aliphatic heterocycles. The van der Waals surface area contributed by atoms with Crippen LogP contribution in [0, 0.1) is 0 Å². The second-order valence-electron chi connectivity index (χ2n) is 7.79. The standard InChI is InChI=1S/C15H24N12/c1-4-19-10-7(16-1)22-13-25(10)14-23-9-12(21-6-3-18-9)27(14)15-24-8-11(26(13)15)20-5-2-17-8/h7-12,16-21H,1-6H2. The number of hydrogen-bond donors (Lipinski definition) is 6. The zero-order chi connectivity index (χ0) is 17.5. The highest BCUT2D eigenvalue weighted by Gasteiger charge is 2.59. The number of hydrogen-bond acceptors (Lipinski definition) is 12. The quantitative estimate of drug-likeness (QED) is 0.250. The van der Waals surface area contributed by atoms with Crippen molar-refractivity contribution >= 4 is 17.9 Å². The van der Waals surface area contributed by atoms with Gasteiger partial charge in [0.25, 0.3) is 0 Å². The summed E-state index contributed by atoms with van der Waals surface area (Å²) in [4.78, 5) is 21.9. The molecule has 144 valence electrons. The molecule has 4 fully saturated rings. The Hall–Kier alpha value is -1.83. The first-order valence-electron chi connectivity index (χ1n) is 9.92. The van der Waals surface area contributed by atoms with Crippen LogP contribution >= 0.6 is 0 Å². The van der Waals surface area contributed by atoms with Crippen LogP contribution < -0.4 is 31.9 Å². The van der Waals surface area contributed by atoms with Gasteiger partial charge in [-0.2, -0.15) is 0 Å². The Morgan fingerprint density at radius 3 is 1.11 bits per heavy atom. The van der Waals surface area contributed by atoms with Gasteiger partial charge in [0.05, 0.1) is 0 Å². The largest absolute Gasteiger partial charge is 0.293 e. The molecule has 0 aliphatic carbocycles. The molecule has 0 aromatic heterocycles. The van der Waals surface area contributed by atoms with Crippen molar-refractivity contribution in [2.24, 2.45) is 15.0 Å². The summed E-state index contributed by atoms with van der Waals surface area (Å²) in [5.41, 5.74) is 0. The molecule has 6 N–H and O–H groups in total. The van der Waals surface area contributed by atoms with Crippen molar-refractivity contribution in [2.75, 3.05) is 39.3 Å². The minimum atomic E-state index is 0.0248. The van der Waals surface area contributed by atoms with E-state index in [0.29, 0.717) is 0 Å². The molecule has 0 aromatic carbocycles. The van der Waals surface area contributed by atoms with Crippen LogP contribution in [0.4, 0.5) is 0 Å². The molecule has 6 atom stereocenters. The lowest BCUT2D eigenvalue weighted by Crippen LogP contribution is -2.74. The van der Waals surface area contributed by atoms with Gasteiger partial charge < -0.3 is 0 Å².